The maximum absolute atomic E-state index is 7.07. The standard InChI is InChI=1S/C18H44OSi3/c1-11-13-15-21(8,9)19-22(10,16-14-12-2)17-20(6,7)18(3,4)5/h11-17H2,1-10H3. The number of unbranched alkanes of at least 4 members (excludes halogenated alkanes) is 2. The van der Waals surface area contributed by atoms with Gasteiger partial charge in [-0.05, 0) is 42.4 Å². The summed E-state index contributed by atoms with van der Waals surface area (Å²) in [6, 6.07) is 2.72. The maximum atomic E-state index is 7.07. The number of hydrogen-bond acceptors (Lipinski definition) is 1. The molecular weight excluding hydrogens is 316 g/mol. The van der Waals surface area contributed by atoms with Crippen LogP contribution < -0.4 is 0 Å². The molecule has 0 heterocycles. The Bertz CT molecular complexity index is 321. The molecule has 0 aromatic heterocycles. The van der Waals surface area contributed by atoms with E-state index in [2.05, 4.69) is 67.4 Å². The molecule has 0 aliphatic rings. The Kier molecular flexibility index (Phi) is 8.87. The van der Waals surface area contributed by atoms with Gasteiger partial charge in [0.2, 0.25) is 0 Å². The molecule has 0 aromatic carbocycles. The molecule has 1 atom stereocenters. The third kappa shape index (κ3) is 7.93. The highest BCUT2D eigenvalue weighted by Crippen LogP contribution is 2.43. The van der Waals surface area contributed by atoms with Crippen molar-refractivity contribution in [1.82, 2.24) is 0 Å². The average molecular weight is 361 g/mol. The summed E-state index contributed by atoms with van der Waals surface area (Å²) in [6.45, 7) is 24.6. The second kappa shape index (κ2) is 8.63. The van der Waals surface area contributed by atoms with Crippen molar-refractivity contribution >= 4 is 24.7 Å². The lowest BCUT2D eigenvalue weighted by Gasteiger charge is -2.45. The Labute approximate surface area is 144 Å². The van der Waals surface area contributed by atoms with Crippen LogP contribution in [0, 0.1) is 0 Å². The van der Waals surface area contributed by atoms with E-state index in [0.717, 1.165) is 0 Å². The molecule has 0 radical (unpaired) electrons. The molecule has 4 heteroatoms. The molecular formula is C18H44OSi3. The lowest BCUT2D eigenvalue weighted by molar-refractivity contribution is 0.523. The predicted octanol–water partition coefficient (Wildman–Crippen LogP) is 7.43. The minimum Gasteiger partial charge on any atom is -0.455 e. The first kappa shape index (κ1) is 22.6. The summed E-state index contributed by atoms with van der Waals surface area (Å²) in [5.74, 6) is 0. The van der Waals surface area contributed by atoms with E-state index in [-0.39, 0.29) is 0 Å². The Hall–Kier alpha value is 0.611. The Morgan fingerprint density at radius 3 is 1.64 bits per heavy atom. The molecule has 0 aromatic rings. The molecule has 0 rings (SSSR count). The quantitative estimate of drug-likeness (QED) is 0.368. The van der Waals surface area contributed by atoms with Gasteiger partial charge >= 0.3 is 0 Å². The van der Waals surface area contributed by atoms with Crippen molar-refractivity contribution in [1.29, 1.82) is 0 Å². The van der Waals surface area contributed by atoms with Gasteiger partial charge in [0.15, 0.2) is 16.6 Å². The molecule has 134 valence electrons. The van der Waals surface area contributed by atoms with Crippen LogP contribution >= 0.6 is 0 Å². The van der Waals surface area contributed by atoms with Gasteiger partial charge in [-0.15, -0.1) is 0 Å². The largest absolute Gasteiger partial charge is 0.455 e. The summed E-state index contributed by atoms with van der Waals surface area (Å²) < 4.78 is 7.07. The third-order valence-corrected chi connectivity index (χ3v) is 23.3. The highest BCUT2D eigenvalue weighted by atomic mass is 28.4. The second-order valence-electron chi connectivity index (χ2n) is 9.83. The van der Waals surface area contributed by atoms with Gasteiger partial charge in [-0.25, -0.2) is 0 Å². The van der Waals surface area contributed by atoms with Gasteiger partial charge in [0.25, 0.3) is 0 Å². The van der Waals surface area contributed by atoms with E-state index in [1.54, 1.807) is 0 Å². The summed E-state index contributed by atoms with van der Waals surface area (Å²) in [5, 5.41) is 0.478. The minimum absolute atomic E-state index is 0.478. The van der Waals surface area contributed by atoms with Gasteiger partial charge in [-0.3, -0.25) is 0 Å². The summed E-state index contributed by atoms with van der Waals surface area (Å²) in [5.41, 5.74) is 1.44. The monoisotopic (exact) mass is 360 g/mol. The normalized spacial score (nSPS) is 16.6. The Morgan fingerprint density at radius 1 is 0.773 bits per heavy atom. The molecule has 0 N–H and O–H groups in total. The van der Waals surface area contributed by atoms with Crippen molar-refractivity contribution in [2.45, 2.75) is 116 Å². The molecule has 0 bridgehead atoms. The first-order valence-electron chi connectivity index (χ1n) is 9.49. The van der Waals surface area contributed by atoms with Crippen molar-refractivity contribution < 1.29 is 4.12 Å². The minimum atomic E-state index is -1.58. The highest BCUT2D eigenvalue weighted by Gasteiger charge is 2.45. The van der Waals surface area contributed by atoms with E-state index >= 15 is 0 Å². The van der Waals surface area contributed by atoms with Crippen LogP contribution in [0.1, 0.15) is 60.3 Å². The van der Waals surface area contributed by atoms with E-state index < -0.39 is 24.7 Å². The molecule has 0 saturated heterocycles. The smallest absolute Gasteiger partial charge is 0.173 e. The van der Waals surface area contributed by atoms with Gasteiger partial charge in [-0.1, -0.05) is 73.4 Å². The fourth-order valence-electron chi connectivity index (χ4n) is 3.25. The van der Waals surface area contributed by atoms with Gasteiger partial charge in [0.05, 0.1) is 8.07 Å². The van der Waals surface area contributed by atoms with E-state index in [0.29, 0.717) is 5.04 Å². The molecule has 22 heavy (non-hydrogen) atoms. The molecule has 0 aliphatic heterocycles. The van der Waals surface area contributed by atoms with Crippen LogP contribution in [0.25, 0.3) is 0 Å². The van der Waals surface area contributed by atoms with E-state index in [9.17, 15) is 0 Å². The molecule has 1 nitrogen and oxygen atoms in total. The zero-order chi connectivity index (χ0) is 17.7. The lowest BCUT2D eigenvalue weighted by atomic mass is 10.2. The van der Waals surface area contributed by atoms with Crippen molar-refractivity contribution in [3.05, 3.63) is 0 Å². The van der Waals surface area contributed by atoms with Crippen LogP contribution in [0.5, 0.6) is 0 Å². The maximum Gasteiger partial charge on any atom is 0.173 e. The molecule has 0 saturated carbocycles. The molecule has 0 spiro atoms. The van der Waals surface area contributed by atoms with Gasteiger partial charge in [-0.2, -0.15) is 0 Å². The van der Waals surface area contributed by atoms with Crippen LogP contribution in [0.2, 0.25) is 55.5 Å². The van der Waals surface area contributed by atoms with Crippen molar-refractivity contribution in [3.8, 4) is 0 Å². The van der Waals surface area contributed by atoms with Crippen LogP contribution in [0.4, 0.5) is 0 Å². The predicted molar refractivity (Wildman–Crippen MR) is 112 cm³/mol. The summed E-state index contributed by atoms with van der Waals surface area (Å²) in [6.07, 6.45) is 5.31. The second-order valence-corrected chi connectivity index (χ2v) is 24.7. The zero-order valence-electron chi connectivity index (χ0n) is 17.4. The molecule has 1 unspecified atom stereocenters. The fourth-order valence-corrected chi connectivity index (χ4v) is 23.0. The Balaban J connectivity index is 5.15. The average Bonchev–Trinajstić information content (AvgIpc) is 2.31. The van der Waals surface area contributed by atoms with Gasteiger partial charge < -0.3 is 4.12 Å². The first-order chi connectivity index (χ1) is 9.79. The van der Waals surface area contributed by atoms with Gasteiger partial charge in [0, 0.05) is 0 Å². The summed E-state index contributed by atoms with van der Waals surface area (Å²) >= 11 is 0. The van der Waals surface area contributed by atoms with Crippen molar-refractivity contribution in [3.63, 3.8) is 0 Å². The van der Waals surface area contributed by atoms with Gasteiger partial charge in [0.1, 0.15) is 0 Å². The fraction of sp³-hybridized carbons (Fsp3) is 1.00. The molecule has 0 fully saturated rings. The highest BCUT2D eigenvalue weighted by molar-refractivity contribution is 6.97. The molecule has 0 aliphatic carbocycles. The van der Waals surface area contributed by atoms with Crippen LogP contribution in [0.15, 0.2) is 0 Å². The zero-order valence-corrected chi connectivity index (χ0v) is 20.4. The van der Waals surface area contributed by atoms with Crippen LogP contribution in [-0.4, -0.2) is 24.7 Å². The summed E-state index contributed by atoms with van der Waals surface area (Å²) in [7, 11) is -4.32. The SMILES string of the molecule is CCCC[Si](C)(C)O[Si](C)(CCCC)C[Si](C)(C)C(C)(C)C. The topological polar surface area (TPSA) is 9.23 Å². The third-order valence-electron chi connectivity index (χ3n) is 5.56. The lowest BCUT2D eigenvalue weighted by Crippen LogP contribution is -2.53. The van der Waals surface area contributed by atoms with E-state index in [4.69, 9.17) is 4.12 Å². The summed E-state index contributed by atoms with van der Waals surface area (Å²) in [4.78, 5) is 0. The van der Waals surface area contributed by atoms with Crippen molar-refractivity contribution in [2.75, 3.05) is 0 Å². The molecule has 0 amide bonds. The Morgan fingerprint density at radius 2 is 1.23 bits per heavy atom. The van der Waals surface area contributed by atoms with E-state index in [1.807, 2.05) is 0 Å². The van der Waals surface area contributed by atoms with E-state index in [1.165, 1.54) is 43.4 Å². The first-order valence-corrected chi connectivity index (χ1v) is 18.6. The van der Waals surface area contributed by atoms with Crippen LogP contribution in [-0.2, 0) is 4.12 Å². The number of hydrogen-bond donors (Lipinski definition) is 0. The number of rotatable bonds is 10. The van der Waals surface area contributed by atoms with Crippen molar-refractivity contribution in [2.24, 2.45) is 0 Å². The van der Waals surface area contributed by atoms with Crippen LogP contribution in [0.3, 0.4) is 0 Å².